The normalized spacial score (nSPS) is 11.7. The predicted octanol–water partition coefficient (Wildman–Crippen LogP) is 0.539. The molecule has 0 aliphatic rings. The summed E-state index contributed by atoms with van der Waals surface area (Å²) in [6.07, 6.45) is 0. The van der Waals surface area contributed by atoms with E-state index in [-0.39, 0.29) is 5.58 Å². The molecule has 0 aromatic rings. The first-order chi connectivity index (χ1) is 3.35. The maximum Gasteiger partial charge on any atom is 0.259 e. The van der Waals surface area contributed by atoms with Crippen molar-refractivity contribution in [3.8, 4) is 0 Å². The average Bonchev–Trinajstić information content (AvgIpc) is 1.72. The van der Waals surface area contributed by atoms with Crippen LogP contribution in [0.15, 0.2) is 10.2 Å². The van der Waals surface area contributed by atoms with Gasteiger partial charge in [0.25, 0.3) is 5.58 Å². The second-order valence-corrected chi connectivity index (χ2v) is 1.21. The monoisotopic (exact) mass is 118 g/mol. The SMILES string of the molecule is N=NC(=NN)P=O. The van der Waals surface area contributed by atoms with E-state index in [1.807, 2.05) is 0 Å². The first-order valence-corrected chi connectivity index (χ1v) is 2.15. The van der Waals surface area contributed by atoms with Gasteiger partial charge in [-0.05, 0) is 0 Å². The fourth-order valence-corrected chi connectivity index (χ4v) is 0.161. The highest BCUT2D eigenvalue weighted by Gasteiger charge is 1.87. The minimum atomic E-state index is -0.420. The van der Waals surface area contributed by atoms with Crippen molar-refractivity contribution in [1.29, 1.82) is 5.53 Å². The van der Waals surface area contributed by atoms with E-state index in [1.54, 1.807) is 0 Å². The molecule has 0 atom stereocenters. The number of hydrogen-bond donors (Lipinski definition) is 2. The van der Waals surface area contributed by atoms with Gasteiger partial charge >= 0.3 is 0 Å². The summed E-state index contributed by atoms with van der Waals surface area (Å²) in [7, 11) is -0.420. The van der Waals surface area contributed by atoms with Crippen molar-refractivity contribution >= 4 is 14.0 Å². The van der Waals surface area contributed by atoms with Crippen LogP contribution in [0.3, 0.4) is 0 Å². The van der Waals surface area contributed by atoms with E-state index in [0.29, 0.717) is 0 Å². The number of hydrogen-bond acceptors (Lipinski definition) is 4. The Morgan fingerprint density at radius 3 is 2.43 bits per heavy atom. The van der Waals surface area contributed by atoms with Crippen LogP contribution < -0.4 is 5.84 Å². The molecule has 7 heavy (non-hydrogen) atoms. The van der Waals surface area contributed by atoms with Gasteiger partial charge in [-0.15, -0.1) is 5.11 Å². The molecule has 0 aliphatic heterocycles. The zero-order valence-electron chi connectivity index (χ0n) is 3.33. The number of rotatable bonds is 1. The van der Waals surface area contributed by atoms with Gasteiger partial charge in [-0.1, -0.05) is 0 Å². The summed E-state index contributed by atoms with van der Waals surface area (Å²) in [5.41, 5.74) is 5.96. The molecule has 0 rings (SSSR count). The molecule has 0 aromatic heterocycles. The van der Waals surface area contributed by atoms with Crippen LogP contribution >= 0.6 is 8.46 Å². The fourth-order valence-electron chi connectivity index (χ4n) is 0.0729. The van der Waals surface area contributed by atoms with Gasteiger partial charge in [-0.2, -0.15) is 5.10 Å². The zero-order valence-corrected chi connectivity index (χ0v) is 4.22. The highest BCUT2D eigenvalue weighted by molar-refractivity contribution is 7.46. The van der Waals surface area contributed by atoms with Crippen molar-refractivity contribution < 1.29 is 4.57 Å². The molecular weight excluding hydrogens is 115 g/mol. The topological polar surface area (TPSA) is 91.7 Å². The lowest BCUT2D eigenvalue weighted by molar-refractivity contribution is 0.603. The minimum Gasteiger partial charge on any atom is -0.321 e. The van der Waals surface area contributed by atoms with Gasteiger partial charge in [0.15, 0.2) is 0 Å². The predicted molar refractivity (Wildman–Crippen MR) is 24.4 cm³/mol. The zero-order chi connectivity index (χ0) is 5.70. The molecule has 0 fully saturated rings. The summed E-state index contributed by atoms with van der Waals surface area (Å²) in [4.78, 5) is 0. The lowest BCUT2D eigenvalue weighted by Crippen LogP contribution is -1.85. The van der Waals surface area contributed by atoms with Crippen LogP contribution in [0.2, 0.25) is 0 Å². The van der Waals surface area contributed by atoms with E-state index in [1.165, 1.54) is 0 Å². The molecule has 38 valence electrons. The highest BCUT2D eigenvalue weighted by Crippen LogP contribution is 1.94. The first kappa shape index (κ1) is 6.17. The van der Waals surface area contributed by atoms with Gasteiger partial charge in [-0.3, -0.25) is 4.57 Å². The molecular formula is CH3N4OP. The van der Waals surface area contributed by atoms with Crippen LogP contribution in [0.5, 0.6) is 0 Å². The number of nitrogens with two attached hydrogens (primary N) is 1. The van der Waals surface area contributed by atoms with Crippen molar-refractivity contribution in [1.82, 2.24) is 0 Å². The minimum absolute atomic E-state index is 0.208. The van der Waals surface area contributed by atoms with E-state index >= 15 is 0 Å². The van der Waals surface area contributed by atoms with Crippen molar-refractivity contribution in [3.63, 3.8) is 0 Å². The quantitative estimate of drug-likeness (QED) is 0.131. The second kappa shape index (κ2) is 3.36. The van der Waals surface area contributed by atoms with Gasteiger partial charge in [-0.25, -0.2) is 5.53 Å². The van der Waals surface area contributed by atoms with E-state index < -0.39 is 8.46 Å². The molecule has 0 radical (unpaired) electrons. The number of hydrazone groups is 1. The van der Waals surface area contributed by atoms with Crippen molar-refractivity contribution in [2.75, 3.05) is 0 Å². The summed E-state index contributed by atoms with van der Waals surface area (Å²) in [5.74, 6) is 4.56. The van der Waals surface area contributed by atoms with Gasteiger partial charge in [0, 0.05) is 0 Å². The van der Waals surface area contributed by atoms with Crippen LogP contribution in [-0.4, -0.2) is 5.58 Å². The fraction of sp³-hybridized carbons (Fsp3) is 0. The van der Waals surface area contributed by atoms with Crippen LogP contribution in [-0.2, 0) is 4.57 Å². The molecule has 0 unspecified atom stereocenters. The number of nitrogens with one attached hydrogen (secondary N) is 1. The molecule has 0 heterocycles. The molecule has 0 bridgehead atoms. The summed E-state index contributed by atoms with van der Waals surface area (Å²) < 4.78 is 9.64. The maximum absolute atomic E-state index is 9.64. The van der Waals surface area contributed by atoms with Crippen LogP contribution in [0.4, 0.5) is 0 Å². The highest BCUT2D eigenvalue weighted by atomic mass is 31.1. The van der Waals surface area contributed by atoms with Crippen LogP contribution in [0.1, 0.15) is 0 Å². The third-order valence-corrected chi connectivity index (χ3v) is 0.676. The van der Waals surface area contributed by atoms with Crippen molar-refractivity contribution in [2.24, 2.45) is 16.1 Å². The summed E-state index contributed by atoms with van der Waals surface area (Å²) >= 11 is 0. The van der Waals surface area contributed by atoms with Crippen LogP contribution in [0, 0.1) is 5.53 Å². The average molecular weight is 118 g/mol. The number of nitrogens with zero attached hydrogens (tertiary/aromatic N) is 2. The molecule has 0 aromatic carbocycles. The van der Waals surface area contributed by atoms with E-state index in [9.17, 15) is 4.57 Å². The van der Waals surface area contributed by atoms with Gasteiger partial charge in [0.05, 0.1) is 0 Å². The van der Waals surface area contributed by atoms with Gasteiger partial charge < -0.3 is 5.84 Å². The van der Waals surface area contributed by atoms with Crippen LogP contribution in [0.25, 0.3) is 0 Å². The standard InChI is InChI=1S/CH3N4OP/c2-4-1(5-3)7-6/h2H,3H2. The smallest absolute Gasteiger partial charge is 0.259 e. The van der Waals surface area contributed by atoms with E-state index in [4.69, 9.17) is 5.53 Å². The summed E-state index contributed by atoms with van der Waals surface area (Å²) in [6, 6.07) is 0. The molecule has 0 spiro atoms. The van der Waals surface area contributed by atoms with Gasteiger partial charge in [0.2, 0.25) is 8.46 Å². The molecule has 3 N–H and O–H groups in total. The lowest BCUT2D eigenvalue weighted by atomic mass is 11.3. The van der Waals surface area contributed by atoms with E-state index in [0.717, 1.165) is 0 Å². The Labute approximate surface area is 41.3 Å². The third-order valence-electron chi connectivity index (χ3n) is 0.297. The van der Waals surface area contributed by atoms with E-state index in [2.05, 4.69) is 16.1 Å². The summed E-state index contributed by atoms with van der Waals surface area (Å²) in [5, 5.41) is 5.54. The molecule has 0 amide bonds. The molecule has 0 aliphatic carbocycles. The largest absolute Gasteiger partial charge is 0.321 e. The summed E-state index contributed by atoms with van der Waals surface area (Å²) in [6.45, 7) is 0. The molecule has 0 saturated carbocycles. The molecule has 6 heteroatoms. The Hall–Kier alpha value is -0.830. The van der Waals surface area contributed by atoms with Crippen molar-refractivity contribution in [3.05, 3.63) is 0 Å². The Morgan fingerprint density at radius 1 is 1.86 bits per heavy atom. The second-order valence-electron chi connectivity index (χ2n) is 0.632. The third kappa shape index (κ3) is 1.94. The molecule has 0 saturated heterocycles. The Bertz CT molecular complexity index is 98.3. The molecule has 5 nitrogen and oxygen atoms in total. The Morgan fingerprint density at radius 2 is 2.43 bits per heavy atom. The van der Waals surface area contributed by atoms with Crippen molar-refractivity contribution in [2.45, 2.75) is 0 Å². The first-order valence-electron chi connectivity index (χ1n) is 1.34. The van der Waals surface area contributed by atoms with Gasteiger partial charge in [0.1, 0.15) is 0 Å². The lowest BCUT2D eigenvalue weighted by Gasteiger charge is -1.72. The Kier molecular flexibility index (Phi) is 2.96. The maximum atomic E-state index is 9.64. The number of amidine groups is 1. The Balaban J connectivity index is 3.85.